The normalized spacial score (nSPS) is 11.6. The lowest BCUT2D eigenvalue weighted by atomic mass is 10.1. The number of carbonyl (C=O) groups excluding carboxylic acids is 1. The fourth-order valence-electron chi connectivity index (χ4n) is 4.27. The number of aromatic hydroxyl groups is 1. The summed E-state index contributed by atoms with van der Waals surface area (Å²) in [5.41, 5.74) is 4.78. The van der Waals surface area contributed by atoms with Gasteiger partial charge in [0, 0.05) is 33.3 Å². The van der Waals surface area contributed by atoms with Gasteiger partial charge in [0.25, 0.3) is 5.56 Å². The van der Waals surface area contributed by atoms with E-state index in [2.05, 4.69) is 15.5 Å². The Hall–Kier alpha value is -4.93. The van der Waals surface area contributed by atoms with E-state index in [9.17, 15) is 19.5 Å². The number of phenols is 1. The highest BCUT2D eigenvalue weighted by molar-refractivity contribution is 5.82. The molecule has 11 nitrogen and oxygen atoms in total. The van der Waals surface area contributed by atoms with Crippen molar-refractivity contribution in [2.24, 2.45) is 19.2 Å². The lowest BCUT2D eigenvalue weighted by Gasteiger charge is -2.09. The number of phenolic OH excluding ortho intramolecular Hbond substituents is 1. The molecule has 0 radical (unpaired) electrons. The quantitative estimate of drug-likeness (QED) is 0.262. The highest BCUT2D eigenvalue weighted by Gasteiger charge is 2.20. The summed E-state index contributed by atoms with van der Waals surface area (Å²) in [6.07, 6.45) is 4.05. The number of rotatable bonds is 7. The third-order valence-electron chi connectivity index (χ3n) is 6.21. The molecular weight excluding hydrogens is 474 g/mol. The number of fused-ring (bicyclic) bond motifs is 3. The Bertz CT molecular complexity index is 1760. The summed E-state index contributed by atoms with van der Waals surface area (Å²) in [5.74, 6) is 0.422. The van der Waals surface area contributed by atoms with E-state index < -0.39 is 11.2 Å². The summed E-state index contributed by atoms with van der Waals surface area (Å²) < 4.78 is 6.09. The number of nitrogens with zero attached hydrogens (tertiary/aromatic N) is 6. The van der Waals surface area contributed by atoms with E-state index in [1.54, 1.807) is 23.6 Å². The molecule has 5 aromatic rings. The molecule has 2 aromatic carbocycles. The van der Waals surface area contributed by atoms with Crippen molar-refractivity contribution < 1.29 is 9.90 Å². The fraction of sp³-hybridized carbons (Fsp3) is 0.192. The largest absolute Gasteiger partial charge is 0.508 e. The van der Waals surface area contributed by atoms with Gasteiger partial charge in [-0.05, 0) is 41.8 Å². The summed E-state index contributed by atoms with van der Waals surface area (Å²) in [4.78, 5) is 42.4. The van der Waals surface area contributed by atoms with Crippen molar-refractivity contribution in [3.8, 4) is 17.0 Å². The Labute approximate surface area is 210 Å². The molecule has 3 aromatic heterocycles. The van der Waals surface area contributed by atoms with Crippen LogP contribution in [0.4, 0.5) is 0 Å². The second kappa shape index (κ2) is 9.61. The minimum Gasteiger partial charge on any atom is -0.508 e. The van der Waals surface area contributed by atoms with Gasteiger partial charge in [0.15, 0.2) is 11.2 Å². The summed E-state index contributed by atoms with van der Waals surface area (Å²) in [7, 11) is 3.03. The molecule has 188 valence electrons. The van der Waals surface area contributed by atoms with E-state index in [0.717, 1.165) is 21.4 Å². The second-order valence-electron chi connectivity index (χ2n) is 8.68. The van der Waals surface area contributed by atoms with Crippen LogP contribution < -0.4 is 16.7 Å². The van der Waals surface area contributed by atoms with Gasteiger partial charge in [-0.15, -0.1) is 0 Å². The first-order chi connectivity index (χ1) is 17.8. The zero-order valence-electron chi connectivity index (χ0n) is 20.3. The molecule has 0 unspecified atom stereocenters. The molecular formula is C26H25N7O4. The monoisotopic (exact) mass is 499 g/mol. The maximum atomic E-state index is 13.0. The smallest absolute Gasteiger partial charge is 0.332 e. The van der Waals surface area contributed by atoms with Crippen molar-refractivity contribution in [1.82, 2.24) is 28.5 Å². The zero-order chi connectivity index (χ0) is 26.1. The van der Waals surface area contributed by atoms with E-state index in [-0.39, 0.29) is 18.1 Å². The molecule has 0 bridgehead atoms. The number of carbonyl (C=O) groups is 1. The van der Waals surface area contributed by atoms with Gasteiger partial charge in [-0.3, -0.25) is 23.1 Å². The van der Waals surface area contributed by atoms with Crippen LogP contribution in [0.2, 0.25) is 0 Å². The molecule has 5 rings (SSSR count). The topological polar surface area (TPSA) is 128 Å². The Kier molecular flexibility index (Phi) is 6.18. The molecule has 0 aliphatic heterocycles. The number of hydrogen-bond donors (Lipinski definition) is 2. The van der Waals surface area contributed by atoms with Crippen molar-refractivity contribution in [2.75, 3.05) is 0 Å². The van der Waals surface area contributed by atoms with Crippen LogP contribution >= 0.6 is 0 Å². The number of hydrazone groups is 1. The average Bonchev–Trinajstić information content (AvgIpc) is 3.45. The minimum absolute atomic E-state index is 0.156. The van der Waals surface area contributed by atoms with Gasteiger partial charge in [0.2, 0.25) is 11.7 Å². The first kappa shape index (κ1) is 23.8. The van der Waals surface area contributed by atoms with E-state index >= 15 is 0 Å². The molecule has 11 heteroatoms. The van der Waals surface area contributed by atoms with Gasteiger partial charge < -0.3 is 9.67 Å². The van der Waals surface area contributed by atoms with Gasteiger partial charge in [0.05, 0.1) is 11.9 Å². The van der Waals surface area contributed by atoms with Gasteiger partial charge in [-0.1, -0.05) is 30.3 Å². The molecule has 0 spiro atoms. The molecule has 0 atom stereocenters. The van der Waals surface area contributed by atoms with Crippen LogP contribution in [0.1, 0.15) is 18.4 Å². The van der Waals surface area contributed by atoms with Crippen molar-refractivity contribution in [1.29, 1.82) is 0 Å². The van der Waals surface area contributed by atoms with Crippen LogP contribution in [0, 0.1) is 0 Å². The van der Waals surface area contributed by atoms with Crippen molar-refractivity contribution in [3.63, 3.8) is 0 Å². The Morgan fingerprint density at radius 3 is 2.51 bits per heavy atom. The van der Waals surface area contributed by atoms with Crippen molar-refractivity contribution in [2.45, 2.75) is 19.4 Å². The Balaban J connectivity index is 1.42. The molecule has 1 amide bonds. The minimum atomic E-state index is -0.447. The maximum Gasteiger partial charge on any atom is 0.332 e. The van der Waals surface area contributed by atoms with E-state index in [1.165, 1.54) is 30.0 Å². The van der Waals surface area contributed by atoms with Crippen LogP contribution in [-0.4, -0.2) is 40.3 Å². The van der Waals surface area contributed by atoms with Crippen molar-refractivity contribution in [3.05, 3.63) is 87.2 Å². The number of aryl methyl sites for hydroxylation is 2. The summed E-state index contributed by atoms with van der Waals surface area (Å²) >= 11 is 0. The molecule has 37 heavy (non-hydrogen) atoms. The Morgan fingerprint density at radius 1 is 1.05 bits per heavy atom. The van der Waals surface area contributed by atoms with Crippen LogP contribution in [0.25, 0.3) is 28.2 Å². The zero-order valence-corrected chi connectivity index (χ0v) is 20.3. The highest BCUT2D eigenvalue weighted by atomic mass is 16.3. The summed E-state index contributed by atoms with van der Waals surface area (Å²) in [6.45, 7) is 0.452. The van der Waals surface area contributed by atoms with Gasteiger partial charge in [0.1, 0.15) is 5.75 Å². The molecule has 2 N–H and O–H groups in total. The van der Waals surface area contributed by atoms with Gasteiger partial charge in [-0.25, -0.2) is 10.2 Å². The van der Waals surface area contributed by atoms with E-state index in [1.807, 2.05) is 41.1 Å². The molecule has 0 saturated heterocycles. The fourth-order valence-corrected chi connectivity index (χ4v) is 4.27. The van der Waals surface area contributed by atoms with Crippen LogP contribution in [0.3, 0.4) is 0 Å². The van der Waals surface area contributed by atoms with Gasteiger partial charge in [-0.2, -0.15) is 10.1 Å². The van der Waals surface area contributed by atoms with Crippen LogP contribution in [0.15, 0.2) is 75.5 Å². The molecule has 0 fully saturated rings. The predicted octanol–water partition coefficient (Wildman–Crippen LogP) is 1.99. The predicted molar refractivity (Wildman–Crippen MR) is 140 cm³/mol. The summed E-state index contributed by atoms with van der Waals surface area (Å²) in [5, 5.41) is 13.3. The average molecular weight is 500 g/mol. The lowest BCUT2D eigenvalue weighted by molar-refractivity contribution is -0.121. The number of amides is 1. The lowest BCUT2D eigenvalue weighted by Crippen LogP contribution is -2.37. The molecule has 0 aliphatic rings. The molecule has 0 saturated carbocycles. The number of nitrogens with one attached hydrogen (secondary N) is 1. The van der Waals surface area contributed by atoms with Crippen LogP contribution in [0.5, 0.6) is 5.75 Å². The molecule has 0 aliphatic carbocycles. The Morgan fingerprint density at radius 2 is 1.78 bits per heavy atom. The SMILES string of the molecule is Cn1c(=O)c2c(nc3n(CCCC(=O)N/N=C/c4ccc(O)cc4)c(-c4ccccc4)cn23)n(C)c1=O. The first-order valence-corrected chi connectivity index (χ1v) is 11.7. The third kappa shape index (κ3) is 4.42. The second-order valence-corrected chi connectivity index (χ2v) is 8.68. The van der Waals surface area contributed by atoms with Gasteiger partial charge >= 0.3 is 5.69 Å². The number of aromatic nitrogens is 5. The van der Waals surface area contributed by atoms with E-state index in [0.29, 0.717) is 29.9 Å². The number of benzene rings is 2. The van der Waals surface area contributed by atoms with Crippen molar-refractivity contribution >= 4 is 29.1 Å². The number of hydrogen-bond acceptors (Lipinski definition) is 6. The molecule has 3 heterocycles. The highest BCUT2D eigenvalue weighted by Crippen LogP contribution is 2.25. The standard InChI is InChI=1S/C26H25N7O4/c1-30-23-22(24(36)31(2)26(30)37)33-16-20(18-7-4-3-5-8-18)32(25(33)28-23)14-6-9-21(35)29-27-15-17-10-12-19(34)13-11-17/h3-5,7-8,10-13,15-16,34H,6,9,14H2,1-2H3,(H,29,35)/b27-15+. The summed E-state index contributed by atoms with van der Waals surface area (Å²) in [6, 6.07) is 16.2. The third-order valence-corrected chi connectivity index (χ3v) is 6.21. The first-order valence-electron chi connectivity index (χ1n) is 11.7. The number of imidazole rings is 2. The van der Waals surface area contributed by atoms with E-state index in [4.69, 9.17) is 0 Å². The van der Waals surface area contributed by atoms with Crippen LogP contribution in [-0.2, 0) is 25.4 Å². The maximum absolute atomic E-state index is 13.0.